The van der Waals surface area contributed by atoms with Crippen LogP contribution >= 0.6 is 23.2 Å². The summed E-state index contributed by atoms with van der Waals surface area (Å²) >= 11 is 12.4. The Hall–Kier alpha value is -2.87. The smallest absolute Gasteiger partial charge is 0.410 e. The molecule has 1 N–H and O–H groups in total. The molecule has 0 spiro atoms. The van der Waals surface area contributed by atoms with Crippen LogP contribution in [-0.2, 0) is 14.9 Å². The summed E-state index contributed by atoms with van der Waals surface area (Å²) in [6.45, 7) is 9.45. The monoisotopic (exact) mass is 620 g/mol. The van der Waals surface area contributed by atoms with Crippen LogP contribution in [-0.4, -0.2) is 73.0 Å². The van der Waals surface area contributed by atoms with Gasteiger partial charge in [0.15, 0.2) is 0 Å². The van der Waals surface area contributed by atoms with Gasteiger partial charge in [0.2, 0.25) is 5.88 Å². The summed E-state index contributed by atoms with van der Waals surface area (Å²) in [5, 5.41) is 0.00839. The molecule has 1 aliphatic heterocycles. The number of hydrogen-bond donors (Lipinski definition) is 1. The molecular weight excluding hydrogens is 590 g/mol. The predicted octanol–water partition coefficient (Wildman–Crippen LogP) is 4.88. The van der Waals surface area contributed by atoms with Crippen LogP contribution in [0.5, 0.6) is 17.4 Å². The lowest BCUT2D eigenvalue weighted by Crippen LogP contribution is -2.54. The van der Waals surface area contributed by atoms with Crippen LogP contribution in [0.4, 0.5) is 9.18 Å². The van der Waals surface area contributed by atoms with E-state index in [1.807, 2.05) is 18.6 Å². The lowest BCUT2D eigenvalue weighted by atomic mass is 10.2. The highest BCUT2D eigenvalue weighted by Crippen LogP contribution is 2.34. The zero-order valence-electron chi connectivity index (χ0n) is 22.7. The number of piperazine rings is 1. The number of nitrogens with one attached hydrogen (secondary N) is 1. The first-order chi connectivity index (χ1) is 18.6. The summed E-state index contributed by atoms with van der Waals surface area (Å²) in [5.74, 6) is -1.84. The number of nitrogens with zero attached hydrogens (tertiary/aromatic N) is 3. The molecule has 0 unspecified atom stereocenters. The van der Waals surface area contributed by atoms with Gasteiger partial charge in [-0.3, -0.25) is 4.79 Å². The van der Waals surface area contributed by atoms with Crippen LogP contribution in [0.3, 0.4) is 0 Å². The Labute approximate surface area is 242 Å². The fourth-order valence-electron chi connectivity index (χ4n) is 3.40. The van der Waals surface area contributed by atoms with Crippen LogP contribution in [0, 0.1) is 11.7 Å². The van der Waals surface area contributed by atoms with E-state index in [-0.39, 0.29) is 59.5 Å². The van der Waals surface area contributed by atoms with Crippen molar-refractivity contribution in [1.82, 2.24) is 18.9 Å². The molecule has 2 aromatic rings. The average Bonchev–Trinajstić information content (AvgIpc) is 2.84. The van der Waals surface area contributed by atoms with Gasteiger partial charge in [-0.05, 0) is 32.8 Å². The summed E-state index contributed by atoms with van der Waals surface area (Å²) in [6.07, 6.45) is 0.743. The van der Waals surface area contributed by atoms with E-state index in [0.717, 1.165) is 16.4 Å². The highest BCUT2D eigenvalue weighted by atomic mass is 35.5. The molecule has 220 valence electrons. The molecule has 0 saturated carbocycles. The van der Waals surface area contributed by atoms with Crippen molar-refractivity contribution >= 4 is 45.4 Å². The van der Waals surface area contributed by atoms with Crippen molar-refractivity contribution in [2.24, 2.45) is 5.92 Å². The first kappa shape index (κ1) is 31.7. The van der Waals surface area contributed by atoms with Crippen molar-refractivity contribution in [3.8, 4) is 17.4 Å². The summed E-state index contributed by atoms with van der Waals surface area (Å²) < 4.78 is 59.6. The summed E-state index contributed by atoms with van der Waals surface area (Å²) in [5.41, 5.74) is -1.31. The molecule has 1 aliphatic rings. The number of rotatable bonds is 8. The third-order valence-electron chi connectivity index (χ3n) is 5.28. The molecule has 2 amide bonds. The molecule has 3 rings (SSSR count). The lowest BCUT2D eigenvalue weighted by molar-refractivity contribution is 0.0191. The minimum atomic E-state index is -4.34. The average molecular weight is 622 g/mol. The van der Waals surface area contributed by atoms with Gasteiger partial charge in [0.05, 0.1) is 23.4 Å². The number of pyridine rings is 1. The molecule has 0 bridgehead atoms. The van der Waals surface area contributed by atoms with Gasteiger partial charge in [-0.15, -0.1) is 0 Å². The van der Waals surface area contributed by atoms with E-state index in [1.54, 1.807) is 20.8 Å². The third-order valence-corrected chi connectivity index (χ3v) is 7.34. The maximum absolute atomic E-state index is 14.9. The van der Waals surface area contributed by atoms with Gasteiger partial charge in [0.1, 0.15) is 27.9 Å². The Morgan fingerprint density at radius 1 is 1.10 bits per heavy atom. The van der Waals surface area contributed by atoms with Gasteiger partial charge in [-0.25, -0.2) is 18.9 Å². The zero-order valence-corrected chi connectivity index (χ0v) is 25.0. The Morgan fingerprint density at radius 2 is 1.75 bits per heavy atom. The molecule has 40 heavy (non-hydrogen) atoms. The fraction of sp³-hybridized carbons (Fsp3) is 0.480. The maximum atomic E-state index is 14.9. The normalized spacial score (nSPS) is 14.7. The van der Waals surface area contributed by atoms with Crippen molar-refractivity contribution < 1.29 is 36.6 Å². The van der Waals surface area contributed by atoms with Gasteiger partial charge in [-0.1, -0.05) is 37.0 Å². The minimum absolute atomic E-state index is 0.0555. The molecule has 0 radical (unpaired) electrons. The predicted molar refractivity (Wildman–Crippen MR) is 147 cm³/mol. The molecule has 1 fully saturated rings. The Morgan fingerprint density at radius 3 is 2.33 bits per heavy atom. The molecule has 2 heterocycles. The van der Waals surface area contributed by atoms with Crippen LogP contribution in [0.2, 0.25) is 10.0 Å². The van der Waals surface area contributed by atoms with Crippen molar-refractivity contribution in [2.45, 2.75) is 40.2 Å². The van der Waals surface area contributed by atoms with Crippen molar-refractivity contribution in [2.75, 3.05) is 32.8 Å². The maximum Gasteiger partial charge on any atom is 0.410 e. The molecule has 11 nitrogen and oxygen atoms in total. The van der Waals surface area contributed by atoms with E-state index in [1.165, 1.54) is 17.2 Å². The Kier molecular flexibility index (Phi) is 10.1. The molecule has 1 saturated heterocycles. The van der Waals surface area contributed by atoms with Gasteiger partial charge in [0, 0.05) is 38.3 Å². The molecule has 0 atom stereocenters. The van der Waals surface area contributed by atoms with E-state index in [4.69, 9.17) is 37.4 Å². The standard InChI is InChI=1S/C25H31Cl2FN4O7S/c1-15(2)14-37-23-19(27)10-16(13-29-23)38-21-12-20(28)17(11-18(21)26)22(33)30-40(35,36)32-8-6-31(7-9-32)24(34)39-25(3,4)5/h10-13,15H,6-9,14H2,1-5H3,(H,30,33). The van der Waals surface area contributed by atoms with Crippen molar-refractivity contribution in [3.63, 3.8) is 0 Å². The summed E-state index contributed by atoms with van der Waals surface area (Å²) in [4.78, 5) is 30.3. The number of benzene rings is 1. The van der Waals surface area contributed by atoms with Crippen molar-refractivity contribution in [1.29, 1.82) is 0 Å². The van der Waals surface area contributed by atoms with Crippen molar-refractivity contribution in [3.05, 3.63) is 45.8 Å². The van der Waals surface area contributed by atoms with E-state index >= 15 is 0 Å². The molecule has 15 heteroatoms. The molecular formula is C25H31Cl2FN4O7S. The highest BCUT2D eigenvalue weighted by molar-refractivity contribution is 7.87. The zero-order chi connectivity index (χ0) is 29.8. The Balaban J connectivity index is 1.65. The van der Waals surface area contributed by atoms with Crippen LogP contribution in [0.15, 0.2) is 24.4 Å². The highest BCUT2D eigenvalue weighted by Gasteiger charge is 2.32. The van der Waals surface area contributed by atoms with Gasteiger partial charge >= 0.3 is 16.3 Å². The van der Waals surface area contributed by atoms with Gasteiger partial charge in [-0.2, -0.15) is 12.7 Å². The fourth-order valence-corrected chi connectivity index (χ4v) is 4.93. The van der Waals surface area contributed by atoms with E-state index in [2.05, 4.69) is 4.98 Å². The largest absolute Gasteiger partial charge is 0.476 e. The van der Waals surface area contributed by atoms with E-state index < -0.39 is 39.2 Å². The Bertz CT molecular complexity index is 1360. The molecule has 0 aliphatic carbocycles. The number of hydrogen-bond acceptors (Lipinski definition) is 8. The first-order valence-corrected chi connectivity index (χ1v) is 14.5. The summed E-state index contributed by atoms with van der Waals surface area (Å²) in [6, 6.07) is 3.21. The second kappa shape index (κ2) is 12.8. The quantitative estimate of drug-likeness (QED) is 0.442. The second-order valence-electron chi connectivity index (χ2n) is 10.3. The number of aromatic nitrogens is 1. The van der Waals surface area contributed by atoms with E-state index in [0.29, 0.717) is 6.61 Å². The number of ether oxygens (including phenoxy) is 3. The minimum Gasteiger partial charge on any atom is -0.476 e. The van der Waals surface area contributed by atoms with Gasteiger partial charge < -0.3 is 19.1 Å². The van der Waals surface area contributed by atoms with Crippen LogP contribution < -0.4 is 14.2 Å². The SMILES string of the molecule is CC(C)COc1ncc(Oc2cc(F)c(C(=O)NS(=O)(=O)N3CCN(C(=O)OC(C)(C)C)CC3)cc2Cl)cc1Cl. The van der Waals surface area contributed by atoms with Gasteiger partial charge in [0.25, 0.3) is 5.91 Å². The molecule has 1 aromatic heterocycles. The second-order valence-corrected chi connectivity index (χ2v) is 12.8. The first-order valence-electron chi connectivity index (χ1n) is 12.3. The topological polar surface area (TPSA) is 127 Å². The third kappa shape index (κ3) is 8.56. The molecule has 1 aromatic carbocycles. The lowest BCUT2D eigenvalue weighted by Gasteiger charge is -2.34. The number of halogens is 3. The van der Waals surface area contributed by atoms with Crippen LogP contribution in [0.25, 0.3) is 0 Å². The van der Waals surface area contributed by atoms with E-state index in [9.17, 15) is 22.4 Å². The van der Waals surface area contributed by atoms with Crippen LogP contribution in [0.1, 0.15) is 45.0 Å². The number of carbonyl (C=O) groups excluding carboxylic acids is 2. The number of carbonyl (C=O) groups is 2. The summed E-state index contributed by atoms with van der Waals surface area (Å²) in [7, 11) is -4.34. The number of amides is 2.